The predicted octanol–water partition coefficient (Wildman–Crippen LogP) is 0.800. The Kier molecular flexibility index (Phi) is 7.10. The molecule has 1 rings (SSSR count). The molecule has 1 heterocycles. The second kappa shape index (κ2) is 8.60. The van der Waals surface area contributed by atoms with E-state index in [1.165, 1.54) is 23.1 Å². The van der Waals surface area contributed by atoms with Crippen LogP contribution in [0, 0.1) is 0 Å². The van der Waals surface area contributed by atoms with E-state index in [0.29, 0.717) is 17.1 Å². The van der Waals surface area contributed by atoms with Gasteiger partial charge in [0.05, 0.1) is 11.4 Å². The first kappa shape index (κ1) is 16.5. The number of carbonyl (C=O) groups excluding carboxylic acids is 2. The highest BCUT2D eigenvalue weighted by molar-refractivity contribution is 7.98. The maximum absolute atomic E-state index is 11.6. The van der Waals surface area contributed by atoms with Crippen molar-refractivity contribution >= 4 is 40.9 Å². The maximum Gasteiger partial charge on any atom is 0.326 e. The highest BCUT2D eigenvalue weighted by atomic mass is 32.2. The summed E-state index contributed by atoms with van der Waals surface area (Å²) in [5, 5.41) is 15.6. The monoisotopic (exact) mass is 316 g/mol. The van der Waals surface area contributed by atoms with E-state index in [9.17, 15) is 14.4 Å². The minimum atomic E-state index is -1.07. The lowest BCUT2D eigenvalue weighted by molar-refractivity contribution is -0.141. The zero-order valence-corrected chi connectivity index (χ0v) is 12.6. The number of carboxylic acid groups (broad SMARTS) is 1. The van der Waals surface area contributed by atoms with Crippen LogP contribution in [0.5, 0.6) is 0 Å². The van der Waals surface area contributed by atoms with Crippen LogP contribution in [0.1, 0.15) is 16.1 Å². The van der Waals surface area contributed by atoms with Crippen molar-refractivity contribution in [2.75, 3.05) is 18.6 Å². The highest BCUT2D eigenvalue weighted by Crippen LogP contribution is 2.07. The van der Waals surface area contributed by atoms with Crippen molar-refractivity contribution in [1.29, 1.82) is 0 Å². The van der Waals surface area contributed by atoms with Crippen LogP contribution < -0.4 is 10.6 Å². The summed E-state index contributed by atoms with van der Waals surface area (Å²) in [6, 6.07) is 2.47. The van der Waals surface area contributed by atoms with E-state index in [1.54, 1.807) is 17.5 Å². The van der Waals surface area contributed by atoms with Crippen LogP contribution in [0.3, 0.4) is 0 Å². The molecule has 0 aliphatic heterocycles. The number of thiophene rings is 1. The fourth-order valence-corrected chi connectivity index (χ4v) is 2.51. The first-order chi connectivity index (χ1) is 9.54. The Morgan fingerprint density at radius 3 is 2.75 bits per heavy atom. The topological polar surface area (TPSA) is 95.5 Å². The molecule has 0 aliphatic rings. The van der Waals surface area contributed by atoms with Gasteiger partial charge in [-0.05, 0) is 29.9 Å². The molecule has 1 atom stereocenters. The molecule has 6 nitrogen and oxygen atoms in total. The van der Waals surface area contributed by atoms with Crippen LogP contribution in [0.2, 0.25) is 0 Å². The third-order valence-corrected chi connectivity index (χ3v) is 3.91. The molecule has 0 bridgehead atoms. The summed E-state index contributed by atoms with van der Waals surface area (Å²) in [5.41, 5.74) is 0. The van der Waals surface area contributed by atoms with E-state index >= 15 is 0 Å². The molecule has 1 aromatic rings. The first-order valence-electron chi connectivity index (χ1n) is 5.87. The summed E-state index contributed by atoms with van der Waals surface area (Å²) in [6.07, 6.45) is 2.21. The zero-order valence-electron chi connectivity index (χ0n) is 10.9. The molecule has 1 aromatic heterocycles. The van der Waals surface area contributed by atoms with Crippen molar-refractivity contribution in [3.05, 3.63) is 22.4 Å². The molecule has 1 unspecified atom stereocenters. The molecule has 0 aliphatic carbocycles. The lowest BCUT2D eigenvalue weighted by atomic mass is 10.2. The lowest BCUT2D eigenvalue weighted by Crippen LogP contribution is -2.45. The fourth-order valence-electron chi connectivity index (χ4n) is 1.39. The Hall–Kier alpha value is -1.54. The van der Waals surface area contributed by atoms with Gasteiger partial charge in [-0.2, -0.15) is 11.8 Å². The molecular weight excluding hydrogens is 300 g/mol. The number of nitrogens with one attached hydrogen (secondary N) is 2. The van der Waals surface area contributed by atoms with Gasteiger partial charge < -0.3 is 15.7 Å². The van der Waals surface area contributed by atoms with Gasteiger partial charge in [-0.1, -0.05) is 6.07 Å². The van der Waals surface area contributed by atoms with Crippen molar-refractivity contribution in [3.8, 4) is 0 Å². The second-order valence-electron chi connectivity index (χ2n) is 3.90. The molecule has 0 saturated carbocycles. The van der Waals surface area contributed by atoms with Gasteiger partial charge in [0, 0.05) is 0 Å². The summed E-state index contributed by atoms with van der Waals surface area (Å²) < 4.78 is 0. The van der Waals surface area contributed by atoms with Crippen molar-refractivity contribution in [2.24, 2.45) is 0 Å². The minimum Gasteiger partial charge on any atom is -0.480 e. The Morgan fingerprint density at radius 2 is 2.20 bits per heavy atom. The Labute approximate surface area is 124 Å². The smallest absolute Gasteiger partial charge is 0.326 e. The number of amides is 2. The lowest BCUT2D eigenvalue weighted by Gasteiger charge is -2.14. The average molecular weight is 316 g/mol. The molecule has 0 radical (unpaired) electrons. The quantitative estimate of drug-likeness (QED) is 0.659. The van der Waals surface area contributed by atoms with E-state index in [4.69, 9.17) is 5.11 Å². The molecule has 0 fully saturated rings. The molecule has 2 amide bonds. The number of thioether (sulfide) groups is 1. The summed E-state index contributed by atoms with van der Waals surface area (Å²) in [7, 11) is 0. The van der Waals surface area contributed by atoms with Gasteiger partial charge in [0.2, 0.25) is 5.91 Å². The number of carboxylic acids is 1. The van der Waals surface area contributed by atoms with Crippen molar-refractivity contribution in [2.45, 2.75) is 12.5 Å². The molecule has 3 N–H and O–H groups in total. The molecule has 8 heteroatoms. The van der Waals surface area contributed by atoms with Gasteiger partial charge in [-0.3, -0.25) is 9.59 Å². The highest BCUT2D eigenvalue weighted by Gasteiger charge is 2.19. The minimum absolute atomic E-state index is 0.236. The van der Waals surface area contributed by atoms with Crippen LogP contribution >= 0.6 is 23.1 Å². The fraction of sp³-hybridized carbons (Fsp3) is 0.417. The summed E-state index contributed by atoms with van der Waals surface area (Å²) in [5.74, 6) is -1.29. The number of aliphatic carboxylic acids is 1. The number of carbonyl (C=O) groups is 3. The van der Waals surface area contributed by atoms with Crippen molar-refractivity contribution in [3.63, 3.8) is 0 Å². The van der Waals surface area contributed by atoms with Gasteiger partial charge >= 0.3 is 5.97 Å². The van der Waals surface area contributed by atoms with Gasteiger partial charge in [-0.25, -0.2) is 4.79 Å². The van der Waals surface area contributed by atoms with E-state index in [1.807, 2.05) is 6.26 Å². The largest absolute Gasteiger partial charge is 0.480 e. The molecule has 0 aromatic carbocycles. The predicted molar refractivity (Wildman–Crippen MR) is 79.2 cm³/mol. The van der Waals surface area contributed by atoms with Crippen LogP contribution in [-0.4, -0.2) is 47.5 Å². The maximum atomic E-state index is 11.6. The van der Waals surface area contributed by atoms with Gasteiger partial charge in [0.15, 0.2) is 0 Å². The molecule has 0 saturated heterocycles. The summed E-state index contributed by atoms with van der Waals surface area (Å²) in [6.45, 7) is -0.236. The van der Waals surface area contributed by atoms with Gasteiger partial charge in [-0.15, -0.1) is 11.3 Å². The van der Waals surface area contributed by atoms with E-state index < -0.39 is 17.9 Å². The third kappa shape index (κ3) is 5.62. The molecule has 0 spiro atoms. The molecular formula is C12H16N2O4S2. The van der Waals surface area contributed by atoms with Crippen LogP contribution in [0.4, 0.5) is 0 Å². The van der Waals surface area contributed by atoms with E-state index in [-0.39, 0.29) is 12.5 Å². The number of hydrogen-bond donors (Lipinski definition) is 3. The summed E-state index contributed by atoms with van der Waals surface area (Å²) in [4.78, 5) is 34.7. The summed E-state index contributed by atoms with van der Waals surface area (Å²) >= 11 is 2.78. The Morgan fingerprint density at radius 1 is 1.45 bits per heavy atom. The normalized spacial score (nSPS) is 11.7. The van der Waals surface area contributed by atoms with Crippen molar-refractivity contribution < 1.29 is 19.5 Å². The van der Waals surface area contributed by atoms with Crippen LogP contribution in [0.25, 0.3) is 0 Å². The van der Waals surface area contributed by atoms with Gasteiger partial charge in [0.25, 0.3) is 5.91 Å². The van der Waals surface area contributed by atoms with Gasteiger partial charge in [0.1, 0.15) is 6.04 Å². The Balaban J connectivity index is 2.38. The molecule has 110 valence electrons. The standard InChI is InChI=1S/C12H16N2O4S2/c1-19-6-4-8(12(17)18)14-10(15)7-13-11(16)9-3-2-5-20-9/h2-3,5,8H,4,6-7H2,1H3,(H,13,16)(H,14,15)(H,17,18). The average Bonchev–Trinajstić information content (AvgIpc) is 2.94. The number of hydrogen-bond acceptors (Lipinski definition) is 5. The van der Waals surface area contributed by atoms with E-state index in [2.05, 4.69) is 10.6 Å². The van der Waals surface area contributed by atoms with Crippen molar-refractivity contribution in [1.82, 2.24) is 10.6 Å². The number of rotatable bonds is 8. The SMILES string of the molecule is CSCCC(NC(=O)CNC(=O)c1cccs1)C(=O)O. The first-order valence-corrected chi connectivity index (χ1v) is 8.14. The van der Waals surface area contributed by atoms with E-state index in [0.717, 1.165) is 0 Å². The zero-order chi connectivity index (χ0) is 15.0. The third-order valence-electron chi connectivity index (χ3n) is 2.40. The second-order valence-corrected chi connectivity index (χ2v) is 5.83. The Bertz CT molecular complexity index is 462. The van der Waals surface area contributed by atoms with Crippen LogP contribution in [-0.2, 0) is 9.59 Å². The van der Waals surface area contributed by atoms with Crippen LogP contribution in [0.15, 0.2) is 17.5 Å². The molecule has 20 heavy (non-hydrogen) atoms.